The fraction of sp³-hybridized carbons (Fsp3) is 0.263. The Bertz CT molecular complexity index is 798. The van der Waals surface area contributed by atoms with Crippen LogP contribution in [-0.4, -0.2) is 29.9 Å². The number of ether oxygens (including phenoxy) is 1. The number of halogens is 1. The van der Waals surface area contributed by atoms with Crippen molar-refractivity contribution in [3.63, 3.8) is 0 Å². The number of nitrogens with one attached hydrogen (secondary N) is 2. The predicted molar refractivity (Wildman–Crippen MR) is 108 cm³/mol. The number of carbonyl (C=O) groups excluding carboxylic acids is 2. The number of methoxy groups -OCH3 is 1. The Morgan fingerprint density at radius 1 is 1.15 bits per heavy atom. The zero-order chi connectivity index (χ0) is 19.1. The highest BCUT2D eigenvalue weighted by atomic mass is 35.5. The van der Waals surface area contributed by atoms with Crippen LogP contribution in [0.4, 0.5) is 11.4 Å². The molecule has 138 valence electrons. The molecule has 0 aromatic heterocycles. The van der Waals surface area contributed by atoms with Gasteiger partial charge in [-0.15, -0.1) is 11.8 Å². The molecule has 5 nitrogen and oxygen atoms in total. The molecule has 26 heavy (non-hydrogen) atoms. The summed E-state index contributed by atoms with van der Waals surface area (Å²) in [5.74, 6) is 0.388. The largest absolute Gasteiger partial charge is 0.495 e. The lowest BCUT2D eigenvalue weighted by Crippen LogP contribution is -2.25. The quantitative estimate of drug-likeness (QED) is 0.734. The van der Waals surface area contributed by atoms with E-state index in [-0.39, 0.29) is 22.8 Å². The van der Waals surface area contributed by atoms with E-state index in [1.165, 1.54) is 18.9 Å². The molecule has 0 aliphatic heterocycles. The Kier molecular flexibility index (Phi) is 7.36. The van der Waals surface area contributed by atoms with E-state index < -0.39 is 0 Å². The lowest BCUT2D eigenvalue weighted by atomic mass is 10.2. The van der Waals surface area contributed by atoms with E-state index >= 15 is 0 Å². The molecule has 0 aliphatic rings. The summed E-state index contributed by atoms with van der Waals surface area (Å²) in [4.78, 5) is 24.3. The average Bonchev–Trinajstić information content (AvgIpc) is 2.59. The molecular formula is C19H21ClN2O3S. The number of rotatable bonds is 7. The second-order valence-corrected chi connectivity index (χ2v) is 7.45. The second kappa shape index (κ2) is 9.50. The summed E-state index contributed by atoms with van der Waals surface area (Å²) in [7, 11) is 1.53. The molecule has 2 rings (SSSR count). The minimum Gasteiger partial charge on any atom is -0.495 e. The number of thioether (sulfide) groups is 1. The van der Waals surface area contributed by atoms with E-state index in [1.807, 2.05) is 31.2 Å². The average molecular weight is 393 g/mol. The first-order chi connectivity index (χ1) is 12.4. The van der Waals surface area contributed by atoms with Crippen LogP contribution < -0.4 is 15.4 Å². The van der Waals surface area contributed by atoms with Crippen LogP contribution in [0.1, 0.15) is 12.5 Å². The van der Waals surface area contributed by atoms with E-state index in [2.05, 4.69) is 10.6 Å². The summed E-state index contributed by atoms with van der Waals surface area (Å²) in [6, 6.07) is 12.6. The molecule has 2 N–H and O–H groups in total. The van der Waals surface area contributed by atoms with Crippen LogP contribution in [0.5, 0.6) is 5.75 Å². The Balaban J connectivity index is 1.83. The van der Waals surface area contributed by atoms with Crippen molar-refractivity contribution in [2.45, 2.75) is 19.1 Å². The second-order valence-electron chi connectivity index (χ2n) is 5.71. The van der Waals surface area contributed by atoms with Crippen molar-refractivity contribution in [2.75, 3.05) is 23.5 Å². The summed E-state index contributed by atoms with van der Waals surface area (Å²) < 4.78 is 5.08. The molecule has 0 unspecified atom stereocenters. The van der Waals surface area contributed by atoms with Crippen molar-refractivity contribution in [2.24, 2.45) is 0 Å². The zero-order valence-electron chi connectivity index (χ0n) is 14.8. The number of carbonyl (C=O) groups is 2. The SMILES string of the molecule is COc1ccc(NC(=O)[C@H](C)SCC(=O)Nc2cccc(C)c2)cc1Cl. The van der Waals surface area contributed by atoms with Gasteiger partial charge in [0.25, 0.3) is 0 Å². The number of hydrogen-bond donors (Lipinski definition) is 2. The van der Waals surface area contributed by atoms with E-state index in [4.69, 9.17) is 16.3 Å². The number of amides is 2. The summed E-state index contributed by atoms with van der Waals surface area (Å²) in [5, 5.41) is 5.64. The minimum atomic E-state index is -0.390. The normalized spacial score (nSPS) is 11.5. The number of aryl methyl sites for hydroxylation is 1. The van der Waals surface area contributed by atoms with Gasteiger partial charge in [-0.3, -0.25) is 9.59 Å². The molecule has 2 aromatic carbocycles. The summed E-state index contributed by atoms with van der Waals surface area (Å²) >= 11 is 7.31. The smallest absolute Gasteiger partial charge is 0.237 e. The Morgan fingerprint density at radius 2 is 1.88 bits per heavy atom. The third kappa shape index (κ3) is 5.97. The molecule has 0 heterocycles. The highest BCUT2D eigenvalue weighted by Gasteiger charge is 2.16. The van der Waals surface area contributed by atoms with Crippen molar-refractivity contribution in [1.29, 1.82) is 0 Å². The number of anilines is 2. The lowest BCUT2D eigenvalue weighted by Gasteiger charge is -2.13. The van der Waals surface area contributed by atoms with Gasteiger partial charge in [-0.2, -0.15) is 0 Å². The molecular weight excluding hydrogens is 372 g/mol. The van der Waals surface area contributed by atoms with Crippen LogP contribution >= 0.6 is 23.4 Å². The van der Waals surface area contributed by atoms with Crippen LogP contribution in [0.2, 0.25) is 5.02 Å². The highest BCUT2D eigenvalue weighted by Crippen LogP contribution is 2.27. The predicted octanol–water partition coefficient (Wildman–Crippen LogP) is 4.36. The fourth-order valence-electron chi connectivity index (χ4n) is 2.18. The van der Waals surface area contributed by atoms with Gasteiger partial charge in [-0.05, 0) is 49.7 Å². The Labute approximate surface area is 162 Å². The van der Waals surface area contributed by atoms with Gasteiger partial charge in [-0.25, -0.2) is 0 Å². The summed E-state index contributed by atoms with van der Waals surface area (Å²) in [6.45, 7) is 3.72. The van der Waals surface area contributed by atoms with Crippen LogP contribution in [0, 0.1) is 6.92 Å². The van der Waals surface area contributed by atoms with E-state index in [0.717, 1.165) is 11.3 Å². The van der Waals surface area contributed by atoms with Crippen LogP contribution in [0.25, 0.3) is 0 Å². The van der Waals surface area contributed by atoms with Crippen molar-refractivity contribution in [3.05, 3.63) is 53.1 Å². The van der Waals surface area contributed by atoms with Gasteiger partial charge in [0.1, 0.15) is 5.75 Å². The summed E-state index contributed by atoms with van der Waals surface area (Å²) in [6.07, 6.45) is 0. The first-order valence-corrected chi connectivity index (χ1v) is 9.44. The first kappa shape index (κ1) is 20.1. The minimum absolute atomic E-state index is 0.146. The maximum absolute atomic E-state index is 12.3. The monoisotopic (exact) mass is 392 g/mol. The maximum Gasteiger partial charge on any atom is 0.237 e. The van der Waals surface area contributed by atoms with Crippen LogP contribution in [-0.2, 0) is 9.59 Å². The number of benzene rings is 2. The van der Waals surface area contributed by atoms with Gasteiger partial charge in [0.15, 0.2) is 0 Å². The lowest BCUT2D eigenvalue weighted by molar-refractivity contribution is -0.115. The fourth-order valence-corrected chi connectivity index (χ4v) is 3.13. The van der Waals surface area contributed by atoms with Gasteiger partial charge in [0, 0.05) is 11.4 Å². The molecule has 2 amide bonds. The third-order valence-corrected chi connectivity index (χ3v) is 4.99. The van der Waals surface area contributed by atoms with E-state index in [1.54, 1.807) is 25.1 Å². The van der Waals surface area contributed by atoms with Gasteiger partial charge in [0.05, 0.1) is 23.1 Å². The van der Waals surface area contributed by atoms with Crippen molar-refractivity contribution < 1.29 is 14.3 Å². The first-order valence-electron chi connectivity index (χ1n) is 8.01. The maximum atomic E-state index is 12.3. The van der Waals surface area contributed by atoms with Crippen molar-refractivity contribution >= 4 is 46.6 Å². The molecule has 0 bridgehead atoms. The van der Waals surface area contributed by atoms with Gasteiger partial charge in [0.2, 0.25) is 11.8 Å². The van der Waals surface area contributed by atoms with Crippen molar-refractivity contribution in [1.82, 2.24) is 0 Å². The van der Waals surface area contributed by atoms with Gasteiger partial charge >= 0.3 is 0 Å². The van der Waals surface area contributed by atoms with Gasteiger partial charge < -0.3 is 15.4 Å². The standard InChI is InChI=1S/C19H21ClN2O3S/c1-12-5-4-6-14(9-12)21-18(23)11-26-13(2)19(24)22-15-7-8-17(25-3)16(20)10-15/h4-10,13H,11H2,1-3H3,(H,21,23)(H,22,24)/t13-/m0/s1. The Morgan fingerprint density at radius 3 is 2.54 bits per heavy atom. The van der Waals surface area contributed by atoms with Crippen molar-refractivity contribution in [3.8, 4) is 5.75 Å². The molecule has 1 atom stereocenters. The molecule has 2 aromatic rings. The molecule has 0 aliphatic carbocycles. The third-order valence-electron chi connectivity index (χ3n) is 3.55. The van der Waals surface area contributed by atoms with E-state index in [0.29, 0.717) is 16.5 Å². The topological polar surface area (TPSA) is 67.4 Å². The molecule has 0 saturated carbocycles. The molecule has 0 fully saturated rings. The van der Waals surface area contributed by atoms with E-state index in [9.17, 15) is 9.59 Å². The van der Waals surface area contributed by atoms with Gasteiger partial charge in [-0.1, -0.05) is 23.7 Å². The zero-order valence-corrected chi connectivity index (χ0v) is 16.4. The number of hydrogen-bond acceptors (Lipinski definition) is 4. The molecule has 0 spiro atoms. The Hall–Kier alpha value is -2.18. The molecule has 7 heteroatoms. The summed E-state index contributed by atoms with van der Waals surface area (Å²) in [5.41, 5.74) is 2.40. The van der Waals surface area contributed by atoms with Crippen LogP contribution in [0.15, 0.2) is 42.5 Å². The molecule has 0 saturated heterocycles. The highest BCUT2D eigenvalue weighted by molar-refractivity contribution is 8.01. The van der Waals surface area contributed by atoms with Crippen LogP contribution in [0.3, 0.4) is 0 Å². The molecule has 0 radical (unpaired) electrons.